The first kappa shape index (κ1) is 17.9. The highest BCUT2D eigenvalue weighted by atomic mass is 16.2. The lowest BCUT2D eigenvalue weighted by Gasteiger charge is -2.34. The summed E-state index contributed by atoms with van der Waals surface area (Å²) in [5.74, 6) is -0.713. The summed E-state index contributed by atoms with van der Waals surface area (Å²) in [6.07, 6.45) is 0.395. The molecular weight excluding hydrogens is 336 g/mol. The minimum Gasteiger partial charge on any atom is -0.340 e. The van der Waals surface area contributed by atoms with E-state index in [1.54, 1.807) is 34.1 Å². The van der Waals surface area contributed by atoms with Crippen LogP contribution < -0.4 is 10.6 Å². The number of rotatable bonds is 3. The topological polar surface area (TPSA) is 98.8 Å². The van der Waals surface area contributed by atoms with Gasteiger partial charge < -0.3 is 20.4 Å². The molecule has 0 spiro atoms. The molecule has 8 heteroatoms. The Bertz CT molecular complexity index is 740. The van der Waals surface area contributed by atoms with E-state index < -0.39 is 6.04 Å². The number of para-hydroxylation sites is 1. The summed E-state index contributed by atoms with van der Waals surface area (Å²) in [5.41, 5.74) is 0.888. The van der Waals surface area contributed by atoms with Gasteiger partial charge in [0.05, 0.1) is 11.3 Å². The molecule has 0 bridgehead atoms. The quantitative estimate of drug-likeness (QED) is 0.807. The second-order valence-corrected chi connectivity index (χ2v) is 6.49. The van der Waals surface area contributed by atoms with Crippen molar-refractivity contribution < 1.29 is 19.2 Å². The number of carbonyl (C=O) groups excluding carboxylic acids is 4. The molecule has 1 saturated heterocycles. The average molecular weight is 358 g/mol. The van der Waals surface area contributed by atoms with Crippen molar-refractivity contribution >= 4 is 29.3 Å². The summed E-state index contributed by atoms with van der Waals surface area (Å²) in [7, 11) is 0. The molecule has 1 aromatic carbocycles. The number of carbonyl (C=O) groups is 4. The average Bonchev–Trinajstić information content (AvgIpc) is 2.76. The molecule has 1 unspecified atom stereocenters. The molecule has 26 heavy (non-hydrogen) atoms. The second-order valence-electron chi connectivity index (χ2n) is 6.49. The van der Waals surface area contributed by atoms with E-state index in [9.17, 15) is 19.2 Å². The molecule has 0 aromatic heterocycles. The number of hydrogen-bond donors (Lipinski definition) is 2. The van der Waals surface area contributed by atoms with Crippen LogP contribution in [-0.2, 0) is 14.4 Å². The van der Waals surface area contributed by atoms with Crippen molar-refractivity contribution in [1.29, 1.82) is 0 Å². The van der Waals surface area contributed by atoms with Crippen molar-refractivity contribution in [3.63, 3.8) is 0 Å². The fraction of sp³-hybridized carbons (Fsp3) is 0.444. The SMILES string of the molecule is CC(=O)N1CCN(C(=O)CCC2NC(=O)c3ccccc3NC2=O)CC1. The Morgan fingerprint density at radius 2 is 1.73 bits per heavy atom. The number of fused-ring (bicyclic) bond motifs is 1. The van der Waals surface area contributed by atoms with Gasteiger partial charge in [-0.2, -0.15) is 0 Å². The molecule has 138 valence electrons. The molecule has 0 saturated carbocycles. The molecule has 1 aromatic rings. The van der Waals surface area contributed by atoms with Gasteiger partial charge in [0.25, 0.3) is 5.91 Å². The molecule has 0 radical (unpaired) electrons. The predicted molar refractivity (Wildman–Crippen MR) is 94.4 cm³/mol. The largest absolute Gasteiger partial charge is 0.340 e. The fourth-order valence-corrected chi connectivity index (χ4v) is 3.21. The third-order valence-corrected chi connectivity index (χ3v) is 4.78. The number of hydrogen-bond acceptors (Lipinski definition) is 4. The van der Waals surface area contributed by atoms with Gasteiger partial charge >= 0.3 is 0 Å². The first-order valence-electron chi connectivity index (χ1n) is 8.70. The van der Waals surface area contributed by atoms with Gasteiger partial charge in [0.1, 0.15) is 6.04 Å². The summed E-state index contributed by atoms with van der Waals surface area (Å²) in [6, 6.07) is 6.05. The van der Waals surface area contributed by atoms with E-state index in [1.165, 1.54) is 6.92 Å². The zero-order chi connectivity index (χ0) is 18.7. The zero-order valence-corrected chi connectivity index (χ0v) is 14.7. The van der Waals surface area contributed by atoms with Crippen molar-refractivity contribution in [3.8, 4) is 0 Å². The number of nitrogens with zero attached hydrogens (tertiary/aromatic N) is 2. The minimum absolute atomic E-state index is 0.00880. The maximum absolute atomic E-state index is 12.4. The van der Waals surface area contributed by atoms with Gasteiger partial charge in [0, 0.05) is 39.5 Å². The van der Waals surface area contributed by atoms with Crippen molar-refractivity contribution in [1.82, 2.24) is 15.1 Å². The van der Waals surface area contributed by atoms with Gasteiger partial charge in [-0.05, 0) is 18.6 Å². The maximum Gasteiger partial charge on any atom is 0.254 e. The van der Waals surface area contributed by atoms with Crippen LogP contribution in [0.5, 0.6) is 0 Å². The Hall–Kier alpha value is -2.90. The Morgan fingerprint density at radius 3 is 2.42 bits per heavy atom. The van der Waals surface area contributed by atoms with Crippen LogP contribution in [0.25, 0.3) is 0 Å². The van der Waals surface area contributed by atoms with E-state index in [4.69, 9.17) is 0 Å². The third-order valence-electron chi connectivity index (χ3n) is 4.78. The number of benzene rings is 1. The predicted octanol–water partition coefficient (Wildman–Crippen LogP) is 0.208. The van der Waals surface area contributed by atoms with Crippen LogP contribution in [0, 0.1) is 0 Å². The normalized spacial score (nSPS) is 20.0. The molecule has 8 nitrogen and oxygen atoms in total. The van der Waals surface area contributed by atoms with Gasteiger partial charge in [-0.25, -0.2) is 0 Å². The van der Waals surface area contributed by atoms with Crippen molar-refractivity contribution in [3.05, 3.63) is 29.8 Å². The number of amides is 4. The lowest BCUT2D eigenvalue weighted by molar-refractivity contribution is -0.138. The minimum atomic E-state index is -0.752. The summed E-state index contributed by atoms with van der Waals surface area (Å²) in [4.78, 5) is 51.7. The molecule has 2 heterocycles. The monoisotopic (exact) mass is 358 g/mol. The van der Waals surface area contributed by atoms with Gasteiger partial charge in [0.15, 0.2) is 0 Å². The lowest BCUT2D eigenvalue weighted by Crippen LogP contribution is -2.50. The van der Waals surface area contributed by atoms with Gasteiger partial charge in [0.2, 0.25) is 17.7 Å². The van der Waals surface area contributed by atoms with Gasteiger partial charge in [-0.1, -0.05) is 12.1 Å². The molecule has 1 fully saturated rings. The van der Waals surface area contributed by atoms with Crippen molar-refractivity contribution in [2.45, 2.75) is 25.8 Å². The highest BCUT2D eigenvalue weighted by molar-refractivity contribution is 6.09. The van der Waals surface area contributed by atoms with E-state index in [1.807, 2.05) is 0 Å². The van der Waals surface area contributed by atoms with Crippen LogP contribution in [0.1, 0.15) is 30.1 Å². The van der Waals surface area contributed by atoms with E-state index >= 15 is 0 Å². The summed E-state index contributed by atoms with van der Waals surface area (Å²) < 4.78 is 0. The van der Waals surface area contributed by atoms with Crippen LogP contribution in [0.4, 0.5) is 5.69 Å². The second kappa shape index (κ2) is 7.55. The molecule has 1 atom stereocenters. The number of nitrogens with one attached hydrogen (secondary N) is 2. The number of anilines is 1. The smallest absolute Gasteiger partial charge is 0.254 e. The molecule has 3 rings (SSSR count). The maximum atomic E-state index is 12.4. The molecule has 0 aliphatic carbocycles. The summed E-state index contributed by atoms with van der Waals surface area (Å²) >= 11 is 0. The zero-order valence-electron chi connectivity index (χ0n) is 14.7. The van der Waals surface area contributed by atoms with Gasteiger partial charge in [-0.15, -0.1) is 0 Å². The van der Waals surface area contributed by atoms with Crippen LogP contribution >= 0.6 is 0 Å². The number of piperazine rings is 1. The first-order chi connectivity index (χ1) is 12.5. The standard InChI is InChI=1S/C18H22N4O4/c1-12(23)21-8-10-22(11-9-21)16(24)7-6-15-18(26)19-14-5-3-2-4-13(14)17(25)20-15/h2-5,15H,6-11H2,1H3,(H,19,26)(H,20,25). The van der Waals surface area contributed by atoms with Crippen LogP contribution in [-0.4, -0.2) is 65.6 Å². The fourth-order valence-electron chi connectivity index (χ4n) is 3.21. The molecule has 2 aliphatic rings. The lowest BCUT2D eigenvalue weighted by atomic mass is 10.1. The Balaban J connectivity index is 1.55. The van der Waals surface area contributed by atoms with E-state index in [2.05, 4.69) is 10.6 Å². The van der Waals surface area contributed by atoms with E-state index in [-0.39, 0.29) is 36.5 Å². The molecular formula is C18H22N4O4. The Kier molecular flexibility index (Phi) is 5.20. The van der Waals surface area contributed by atoms with Gasteiger partial charge in [-0.3, -0.25) is 19.2 Å². The van der Waals surface area contributed by atoms with Crippen LogP contribution in [0.2, 0.25) is 0 Å². The highest BCUT2D eigenvalue weighted by Crippen LogP contribution is 2.19. The summed E-state index contributed by atoms with van der Waals surface area (Å²) in [5, 5.41) is 5.42. The highest BCUT2D eigenvalue weighted by Gasteiger charge is 2.29. The molecule has 2 aliphatic heterocycles. The van der Waals surface area contributed by atoms with Crippen molar-refractivity contribution in [2.75, 3.05) is 31.5 Å². The first-order valence-corrected chi connectivity index (χ1v) is 8.70. The van der Waals surface area contributed by atoms with Crippen molar-refractivity contribution in [2.24, 2.45) is 0 Å². The van der Waals surface area contributed by atoms with Crippen LogP contribution in [0.3, 0.4) is 0 Å². The van der Waals surface area contributed by atoms with E-state index in [0.29, 0.717) is 37.4 Å². The third kappa shape index (κ3) is 3.84. The van der Waals surface area contributed by atoms with Crippen LogP contribution in [0.15, 0.2) is 24.3 Å². The summed E-state index contributed by atoms with van der Waals surface area (Å²) in [6.45, 7) is 3.55. The molecule has 4 amide bonds. The Labute approximate surface area is 151 Å². The molecule has 2 N–H and O–H groups in total. The van der Waals surface area contributed by atoms with E-state index in [0.717, 1.165) is 0 Å². The Morgan fingerprint density at radius 1 is 1.08 bits per heavy atom.